The molecule has 16 heavy (non-hydrogen) atoms. The third-order valence-corrected chi connectivity index (χ3v) is 1.83. The van der Waals surface area contributed by atoms with Crippen LogP contribution in [0.3, 0.4) is 0 Å². The van der Waals surface area contributed by atoms with Crippen LogP contribution in [0.4, 0.5) is 5.82 Å². The molecule has 0 aliphatic carbocycles. The van der Waals surface area contributed by atoms with Crippen LogP contribution in [0.25, 0.3) is 0 Å². The number of nitrogens with zero attached hydrogens (tertiary/aromatic N) is 2. The third kappa shape index (κ3) is 2.91. The summed E-state index contributed by atoms with van der Waals surface area (Å²) in [6.45, 7) is 0.269. The second-order valence-electron chi connectivity index (χ2n) is 3.03. The zero-order valence-electron chi connectivity index (χ0n) is 8.77. The fourth-order valence-corrected chi connectivity index (χ4v) is 1.13. The van der Waals surface area contributed by atoms with Crippen LogP contribution < -0.4 is 10.6 Å². The highest BCUT2D eigenvalue weighted by Crippen LogP contribution is 2.05. The maximum atomic E-state index is 11.5. The number of aromatic nitrogens is 2. The molecule has 1 aromatic heterocycles. The Bertz CT molecular complexity index is 399. The first-order valence-electron chi connectivity index (χ1n) is 4.64. The van der Waals surface area contributed by atoms with Gasteiger partial charge in [0.25, 0.3) is 5.91 Å². The van der Waals surface area contributed by atoms with Gasteiger partial charge in [-0.1, -0.05) is 0 Å². The SMILES string of the molecule is Cn1cc(NC=O)nc1C(=O)NCCC=O. The van der Waals surface area contributed by atoms with Gasteiger partial charge in [0.1, 0.15) is 6.29 Å². The summed E-state index contributed by atoms with van der Waals surface area (Å²) < 4.78 is 1.49. The average molecular weight is 224 g/mol. The van der Waals surface area contributed by atoms with Crippen molar-refractivity contribution in [1.29, 1.82) is 0 Å². The van der Waals surface area contributed by atoms with Crippen LogP contribution in [0.5, 0.6) is 0 Å². The third-order valence-electron chi connectivity index (χ3n) is 1.83. The van der Waals surface area contributed by atoms with Crippen LogP contribution >= 0.6 is 0 Å². The van der Waals surface area contributed by atoms with Crippen molar-refractivity contribution in [2.45, 2.75) is 6.42 Å². The Morgan fingerprint density at radius 1 is 1.56 bits per heavy atom. The molecular formula is C9H12N4O3. The van der Waals surface area contributed by atoms with E-state index in [4.69, 9.17) is 0 Å². The van der Waals surface area contributed by atoms with Crippen molar-refractivity contribution in [2.24, 2.45) is 7.05 Å². The van der Waals surface area contributed by atoms with E-state index in [0.29, 0.717) is 12.2 Å². The minimum atomic E-state index is -0.386. The summed E-state index contributed by atoms with van der Waals surface area (Å²) in [4.78, 5) is 35.7. The highest BCUT2D eigenvalue weighted by molar-refractivity contribution is 5.91. The molecule has 2 amide bonds. The molecule has 0 radical (unpaired) electrons. The van der Waals surface area contributed by atoms with Gasteiger partial charge >= 0.3 is 0 Å². The number of amides is 2. The van der Waals surface area contributed by atoms with Gasteiger partial charge in [-0.2, -0.15) is 0 Å². The van der Waals surface area contributed by atoms with Gasteiger partial charge in [0.2, 0.25) is 12.2 Å². The van der Waals surface area contributed by atoms with Crippen molar-refractivity contribution in [3.8, 4) is 0 Å². The fourth-order valence-electron chi connectivity index (χ4n) is 1.13. The van der Waals surface area contributed by atoms with E-state index in [-0.39, 0.29) is 24.7 Å². The van der Waals surface area contributed by atoms with Crippen molar-refractivity contribution < 1.29 is 14.4 Å². The van der Waals surface area contributed by atoms with Crippen molar-refractivity contribution in [2.75, 3.05) is 11.9 Å². The van der Waals surface area contributed by atoms with Crippen LogP contribution in [0.15, 0.2) is 6.20 Å². The van der Waals surface area contributed by atoms with Crippen LogP contribution in [0.1, 0.15) is 17.0 Å². The lowest BCUT2D eigenvalue weighted by atomic mass is 10.4. The summed E-state index contributed by atoms with van der Waals surface area (Å²) in [6, 6.07) is 0. The van der Waals surface area contributed by atoms with Crippen molar-refractivity contribution in [1.82, 2.24) is 14.9 Å². The number of carbonyl (C=O) groups excluding carboxylic acids is 3. The second-order valence-corrected chi connectivity index (χ2v) is 3.03. The summed E-state index contributed by atoms with van der Waals surface area (Å²) in [6.07, 6.45) is 2.98. The van der Waals surface area contributed by atoms with E-state index in [2.05, 4.69) is 15.6 Å². The van der Waals surface area contributed by atoms with Gasteiger partial charge in [-0.25, -0.2) is 4.98 Å². The zero-order valence-corrected chi connectivity index (χ0v) is 8.77. The highest BCUT2D eigenvalue weighted by atomic mass is 16.2. The number of anilines is 1. The number of nitrogens with one attached hydrogen (secondary N) is 2. The van der Waals surface area contributed by atoms with Crippen molar-refractivity contribution >= 4 is 24.4 Å². The van der Waals surface area contributed by atoms with E-state index < -0.39 is 0 Å². The monoisotopic (exact) mass is 224 g/mol. The first kappa shape index (κ1) is 11.9. The lowest BCUT2D eigenvalue weighted by Crippen LogP contribution is -2.27. The van der Waals surface area contributed by atoms with Gasteiger partial charge in [-0.3, -0.25) is 9.59 Å². The second kappa shape index (κ2) is 5.64. The van der Waals surface area contributed by atoms with E-state index in [0.717, 1.165) is 6.29 Å². The molecule has 0 saturated heterocycles. The molecule has 0 aromatic carbocycles. The molecule has 2 N–H and O–H groups in total. The lowest BCUT2D eigenvalue weighted by Gasteiger charge is -2.01. The molecule has 0 aliphatic rings. The molecule has 0 unspecified atom stereocenters. The van der Waals surface area contributed by atoms with E-state index in [1.54, 1.807) is 7.05 Å². The van der Waals surface area contributed by atoms with Gasteiger partial charge in [-0.05, 0) is 0 Å². The Kier molecular flexibility index (Phi) is 4.19. The summed E-state index contributed by atoms with van der Waals surface area (Å²) in [5.74, 6) is 0.0941. The number of carbonyl (C=O) groups is 3. The maximum Gasteiger partial charge on any atom is 0.287 e. The molecule has 1 rings (SSSR count). The number of rotatable bonds is 6. The van der Waals surface area contributed by atoms with Gasteiger partial charge in [0.15, 0.2) is 5.82 Å². The van der Waals surface area contributed by atoms with Crippen LogP contribution in [0, 0.1) is 0 Å². The van der Waals surface area contributed by atoms with Crippen LogP contribution in [-0.4, -0.2) is 34.7 Å². The molecule has 7 heteroatoms. The van der Waals surface area contributed by atoms with E-state index >= 15 is 0 Å². The Morgan fingerprint density at radius 3 is 2.94 bits per heavy atom. The first-order chi connectivity index (χ1) is 7.69. The number of hydrogen-bond donors (Lipinski definition) is 2. The molecule has 0 atom stereocenters. The van der Waals surface area contributed by atoms with E-state index in [1.807, 2.05) is 0 Å². The highest BCUT2D eigenvalue weighted by Gasteiger charge is 2.12. The molecule has 1 heterocycles. The predicted octanol–water partition coefficient (Wildman–Crippen LogP) is -0.693. The van der Waals surface area contributed by atoms with Crippen LogP contribution in [0.2, 0.25) is 0 Å². The molecule has 1 aromatic rings. The number of aldehydes is 1. The summed E-state index contributed by atoms with van der Waals surface area (Å²) >= 11 is 0. The summed E-state index contributed by atoms with van der Waals surface area (Å²) in [7, 11) is 1.64. The lowest BCUT2D eigenvalue weighted by molar-refractivity contribution is -0.108. The largest absolute Gasteiger partial charge is 0.349 e. The molecule has 86 valence electrons. The van der Waals surface area contributed by atoms with Gasteiger partial charge in [0.05, 0.1) is 0 Å². The standard InChI is InChI=1S/C9H12N4O3/c1-13-5-7(11-6-15)12-8(13)9(16)10-3-2-4-14/h4-6H,2-3H2,1H3,(H,10,16)(H,11,15). The molecule has 0 saturated carbocycles. The molecule has 0 fully saturated rings. The number of hydrogen-bond acceptors (Lipinski definition) is 4. The van der Waals surface area contributed by atoms with Crippen molar-refractivity contribution in [3.63, 3.8) is 0 Å². The topological polar surface area (TPSA) is 93.1 Å². The number of imidazole rings is 1. The normalized spacial score (nSPS) is 9.56. The predicted molar refractivity (Wildman–Crippen MR) is 55.9 cm³/mol. The first-order valence-corrected chi connectivity index (χ1v) is 4.64. The minimum absolute atomic E-state index is 0.176. The maximum absolute atomic E-state index is 11.5. The smallest absolute Gasteiger partial charge is 0.287 e. The average Bonchev–Trinajstić information content (AvgIpc) is 2.60. The minimum Gasteiger partial charge on any atom is -0.349 e. The molecule has 0 aliphatic heterocycles. The van der Waals surface area contributed by atoms with Crippen LogP contribution in [-0.2, 0) is 16.6 Å². The Labute approximate surface area is 91.8 Å². The number of aryl methyl sites for hydroxylation is 1. The molecule has 0 spiro atoms. The van der Waals surface area contributed by atoms with E-state index in [1.165, 1.54) is 10.8 Å². The Balaban J connectivity index is 2.67. The quantitative estimate of drug-likeness (QED) is 0.494. The Morgan fingerprint density at radius 2 is 2.31 bits per heavy atom. The summed E-state index contributed by atoms with van der Waals surface area (Å²) in [5, 5.41) is 4.87. The van der Waals surface area contributed by atoms with Crippen molar-refractivity contribution in [3.05, 3.63) is 12.0 Å². The molecular weight excluding hydrogens is 212 g/mol. The Hall–Kier alpha value is -2.18. The van der Waals surface area contributed by atoms with Gasteiger partial charge < -0.3 is 20.0 Å². The van der Waals surface area contributed by atoms with E-state index in [9.17, 15) is 14.4 Å². The fraction of sp³-hybridized carbons (Fsp3) is 0.333. The zero-order chi connectivity index (χ0) is 12.0. The van der Waals surface area contributed by atoms with Gasteiger partial charge in [-0.15, -0.1) is 0 Å². The molecule has 7 nitrogen and oxygen atoms in total. The van der Waals surface area contributed by atoms with Gasteiger partial charge in [0, 0.05) is 26.2 Å². The summed E-state index contributed by atoms with van der Waals surface area (Å²) in [5.41, 5.74) is 0. The molecule has 0 bridgehead atoms.